The van der Waals surface area contributed by atoms with Crippen LogP contribution < -0.4 is 5.32 Å². The van der Waals surface area contributed by atoms with Crippen LogP contribution in [0.2, 0.25) is 0 Å². The van der Waals surface area contributed by atoms with E-state index in [1.54, 1.807) is 34.6 Å². The number of hydrogen-bond acceptors (Lipinski definition) is 3. The first kappa shape index (κ1) is 20.3. The highest BCUT2D eigenvalue weighted by molar-refractivity contribution is 14.1. The van der Waals surface area contributed by atoms with Gasteiger partial charge < -0.3 is 5.32 Å². The lowest BCUT2D eigenvalue weighted by Crippen LogP contribution is -2.47. The summed E-state index contributed by atoms with van der Waals surface area (Å²) in [5, 5.41) is 2.82. The highest BCUT2D eigenvalue weighted by atomic mass is 127. The van der Waals surface area contributed by atoms with Crippen molar-refractivity contribution in [1.29, 1.82) is 0 Å². The minimum atomic E-state index is -3.55. The van der Waals surface area contributed by atoms with Gasteiger partial charge >= 0.3 is 0 Å². The second-order valence-electron chi connectivity index (χ2n) is 6.92. The van der Waals surface area contributed by atoms with Crippen molar-refractivity contribution < 1.29 is 13.2 Å². The van der Waals surface area contributed by atoms with Crippen molar-refractivity contribution in [1.82, 2.24) is 4.31 Å². The Bertz CT molecular complexity index is 918. The number of nitrogens with zero attached hydrogens (tertiary/aromatic N) is 1. The number of anilines is 1. The maximum Gasteiger partial charge on any atom is 0.256 e. The van der Waals surface area contributed by atoms with E-state index >= 15 is 0 Å². The Morgan fingerprint density at radius 1 is 1.04 bits per heavy atom. The molecule has 7 heteroatoms. The lowest BCUT2D eigenvalue weighted by molar-refractivity contribution is 0.102. The average Bonchev–Trinajstić information content (AvgIpc) is 2.62. The molecular weight excluding hydrogens is 475 g/mol. The third kappa shape index (κ3) is 4.35. The molecule has 0 spiro atoms. The van der Waals surface area contributed by atoms with E-state index in [0.717, 1.165) is 22.8 Å². The Morgan fingerprint density at radius 3 is 2.22 bits per heavy atom. The molecule has 0 saturated carbocycles. The van der Waals surface area contributed by atoms with Crippen LogP contribution in [0.5, 0.6) is 0 Å². The van der Waals surface area contributed by atoms with Gasteiger partial charge in [0.05, 0.1) is 10.5 Å². The van der Waals surface area contributed by atoms with Gasteiger partial charge in [0.25, 0.3) is 5.91 Å². The van der Waals surface area contributed by atoms with Crippen LogP contribution in [-0.4, -0.2) is 30.7 Å². The van der Waals surface area contributed by atoms with Crippen LogP contribution in [0.15, 0.2) is 53.4 Å². The number of rotatable bonds is 4. The second kappa shape index (κ2) is 8.28. The predicted molar refractivity (Wildman–Crippen MR) is 115 cm³/mol. The number of piperidine rings is 1. The van der Waals surface area contributed by atoms with Gasteiger partial charge in [-0.25, -0.2) is 8.42 Å². The molecule has 0 bridgehead atoms. The first-order valence-electron chi connectivity index (χ1n) is 9.00. The van der Waals surface area contributed by atoms with Crippen molar-refractivity contribution in [2.24, 2.45) is 0 Å². The molecule has 1 heterocycles. The molecule has 1 fully saturated rings. The van der Waals surface area contributed by atoms with Gasteiger partial charge in [-0.15, -0.1) is 0 Å². The minimum Gasteiger partial charge on any atom is -0.322 e. The quantitative estimate of drug-likeness (QED) is 0.632. The van der Waals surface area contributed by atoms with Gasteiger partial charge in [-0.1, -0.05) is 18.6 Å². The van der Waals surface area contributed by atoms with Crippen LogP contribution in [0.4, 0.5) is 5.69 Å². The fourth-order valence-electron chi connectivity index (χ4n) is 3.55. The van der Waals surface area contributed by atoms with E-state index in [0.29, 0.717) is 11.3 Å². The SMILES string of the molecule is CC1CCCC(C)N1S(=O)(=O)c1ccc(NC(=O)c2ccccc2I)cc1. The van der Waals surface area contributed by atoms with Gasteiger partial charge in [0, 0.05) is 21.3 Å². The van der Waals surface area contributed by atoms with Crippen LogP contribution in [-0.2, 0) is 10.0 Å². The summed E-state index contributed by atoms with van der Waals surface area (Å²) in [7, 11) is -3.55. The molecule has 1 aliphatic rings. The Hall–Kier alpha value is -1.45. The zero-order valence-corrected chi connectivity index (χ0v) is 18.3. The third-order valence-electron chi connectivity index (χ3n) is 4.92. The molecule has 144 valence electrons. The van der Waals surface area contributed by atoms with Crippen molar-refractivity contribution in [3.05, 3.63) is 57.7 Å². The summed E-state index contributed by atoms with van der Waals surface area (Å²) in [5.74, 6) is -0.214. The minimum absolute atomic E-state index is 0.00159. The monoisotopic (exact) mass is 498 g/mol. The topological polar surface area (TPSA) is 66.5 Å². The molecule has 1 amide bonds. The normalized spacial score (nSPS) is 21.0. The van der Waals surface area contributed by atoms with Crippen molar-refractivity contribution in [3.8, 4) is 0 Å². The van der Waals surface area contributed by atoms with Gasteiger partial charge in [-0.05, 0) is 85.7 Å². The number of carbonyl (C=O) groups is 1. The predicted octanol–water partition coefficient (Wildman–Crippen LogP) is 4.50. The number of nitrogens with one attached hydrogen (secondary N) is 1. The number of halogens is 1. The molecule has 2 aromatic rings. The largest absolute Gasteiger partial charge is 0.322 e. The molecule has 5 nitrogen and oxygen atoms in total. The van der Waals surface area contributed by atoms with Gasteiger partial charge in [0.15, 0.2) is 0 Å². The molecule has 3 rings (SSSR count). The summed E-state index contributed by atoms with van der Waals surface area (Å²) in [4.78, 5) is 12.7. The Morgan fingerprint density at radius 2 is 1.63 bits per heavy atom. The summed E-state index contributed by atoms with van der Waals surface area (Å²) < 4.78 is 28.6. The molecule has 2 aromatic carbocycles. The summed E-state index contributed by atoms with van der Waals surface area (Å²) in [5.41, 5.74) is 1.16. The molecule has 0 radical (unpaired) electrons. The maximum absolute atomic E-state index is 13.0. The molecule has 0 aromatic heterocycles. The second-order valence-corrected chi connectivity index (χ2v) is 9.93. The molecule has 2 unspecified atom stereocenters. The molecule has 1 N–H and O–H groups in total. The van der Waals surface area contributed by atoms with Crippen molar-refractivity contribution in [2.45, 2.75) is 50.1 Å². The van der Waals surface area contributed by atoms with E-state index in [9.17, 15) is 13.2 Å². The number of benzene rings is 2. The highest BCUT2D eigenvalue weighted by Crippen LogP contribution is 2.30. The zero-order valence-electron chi connectivity index (χ0n) is 15.4. The van der Waals surface area contributed by atoms with Crippen LogP contribution in [0.25, 0.3) is 0 Å². The van der Waals surface area contributed by atoms with E-state index < -0.39 is 10.0 Å². The molecule has 1 aliphatic heterocycles. The van der Waals surface area contributed by atoms with Gasteiger partial charge in [-0.2, -0.15) is 4.31 Å². The lowest BCUT2D eigenvalue weighted by atomic mass is 10.0. The standard InChI is InChI=1S/C20H23IN2O3S/c1-14-6-5-7-15(2)23(14)27(25,26)17-12-10-16(11-13-17)22-20(24)18-8-3-4-9-19(18)21/h3-4,8-15H,5-7H2,1-2H3,(H,22,24). The van der Waals surface area contributed by atoms with Crippen LogP contribution in [0, 0.1) is 3.57 Å². The zero-order chi connectivity index (χ0) is 19.6. The number of carbonyl (C=O) groups excluding carboxylic acids is 1. The molecule has 2 atom stereocenters. The number of hydrogen-bond donors (Lipinski definition) is 1. The van der Waals surface area contributed by atoms with Crippen LogP contribution >= 0.6 is 22.6 Å². The van der Waals surface area contributed by atoms with Gasteiger partial charge in [0.2, 0.25) is 10.0 Å². The van der Waals surface area contributed by atoms with Crippen LogP contribution in [0.3, 0.4) is 0 Å². The molecular formula is C20H23IN2O3S. The van der Waals surface area contributed by atoms with Gasteiger partial charge in [-0.3, -0.25) is 4.79 Å². The van der Waals surface area contributed by atoms with E-state index in [1.807, 2.05) is 32.0 Å². The van der Waals surface area contributed by atoms with E-state index in [1.165, 1.54) is 0 Å². The average molecular weight is 498 g/mol. The first-order valence-corrected chi connectivity index (χ1v) is 11.5. The summed E-state index contributed by atoms with van der Waals surface area (Å²) in [6.07, 6.45) is 2.82. The smallest absolute Gasteiger partial charge is 0.256 e. The van der Waals surface area contributed by atoms with Crippen molar-refractivity contribution >= 4 is 44.2 Å². The lowest BCUT2D eigenvalue weighted by Gasteiger charge is -2.37. The van der Waals surface area contributed by atoms with Crippen molar-refractivity contribution in [2.75, 3.05) is 5.32 Å². The van der Waals surface area contributed by atoms with Gasteiger partial charge in [0.1, 0.15) is 0 Å². The first-order chi connectivity index (χ1) is 12.8. The number of sulfonamides is 1. The van der Waals surface area contributed by atoms with E-state index in [4.69, 9.17) is 0 Å². The molecule has 1 saturated heterocycles. The Balaban J connectivity index is 1.79. The van der Waals surface area contributed by atoms with Crippen LogP contribution in [0.1, 0.15) is 43.5 Å². The van der Waals surface area contributed by atoms with E-state index in [2.05, 4.69) is 27.9 Å². The summed E-state index contributed by atoms with van der Waals surface area (Å²) in [6.45, 7) is 3.92. The Kier molecular flexibility index (Phi) is 6.22. The highest BCUT2D eigenvalue weighted by Gasteiger charge is 2.35. The molecule has 27 heavy (non-hydrogen) atoms. The maximum atomic E-state index is 13.0. The van der Waals surface area contributed by atoms with E-state index in [-0.39, 0.29) is 22.9 Å². The fourth-order valence-corrected chi connectivity index (χ4v) is 6.06. The molecule has 0 aliphatic carbocycles. The Labute approximate surface area is 174 Å². The summed E-state index contributed by atoms with van der Waals surface area (Å²) in [6, 6.07) is 13.7. The fraction of sp³-hybridized carbons (Fsp3) is 0.350. The summed E-state index contributed by atoms with van der Waals surface area (Å²) >= 11 is 2.12. The third-order valence-corrected chi connectivity index (χ3v) is 8.00. The number of amides is 1. The van der Waals surface area contributed by atoms with Crippen molar-refractivity contribution in [3.63, 3.8) is 0 Å².